The number of carboxylic acids is 1. The van der Waals surface area contributed by atoms with Crippen LogP contribution >= 0.6 is 11.6 Å². The number of benzene rings is 2. The highest BCUT2D eigenvalue weighted by molar-refractivity contribution is 6.33. The Morgan fingerprint density at radius 3 is 2.71 bits per heavy atom. The monoisotopic (exact) mass is 250 g/mol. The van der Waals surface area contributed by atoms with E-state index in [-0.39, 0.29) is 0 Å². The van der Waals surface area contributed by atoms with Crippen molar-refractivity contribution >= 4 is 28.3 Å². The average molecular weight is 251 g/mol. The molecule has 0 fully saturated rings. The molecule has 2 rings (SSSR count). The molecule has 0 aliphatic heterocycles. The Labute approximate surface area is 104 Å². The van der Waals surface area contributed by atoms with Gasteiger partial charge in [0.1, 0.15) is 5.75 Å². The molecular formula is C13H11ClO3. The molecular weight excluding hydrogens is 240 g/mol. The molecule has 3 nitrogen and oxygen atoms in total. The summed E-state index contributed by atoms with van der Waals surface area (Å²) in [7, 11) is 0. The van der Waals surface area contributed by atoms with Crippen molar-refractivity contribution in [3.63, 3.8) is 0 Å². The quantitative estimate of drug-likeness (QED) is 0.909. The minimum atomic E-state index is -1.02. The van der Waals surface area contributed by atoms with Crippen LogP contribution in [-0.4, -0.2) is 17.2 Å². The topological polar surface area (TPSA) is 46.5 Å². The Kier molecular flexibility index (Phi) is 3.20. The highest BCUT2D eigenvalue weighted by atomic mass is 35.5. The fraction of sp³-hybridized carbons (Fsp3) is 0.154. The summed E-state index contributed by atoms with van der Waals surface area (Å²) in [6.07, 6.45) is -0.932. The second-order valence-electron chi connectivity index (χ2n) is 3.70. The standard InChI is InChI=1S/C13H11ClO3/c1-8(13(15)16)17-12-10-5-3-2-4-9(10)6-7-11(12)14/h2-8H,1H3,(H,15,16). The number of carboxylic acid groups (broad SMARTS) is 1. The van der Waals surface area contributed by atoms with Crippen LogP contribution in [0.2, 0.25) is 5.02 Å². The first kappa shape index (κ1) is 11.7. The number of rotatable bonds is 3. The summed E-state index contributed by atoms with van der Waals surface area (Å²) in [5.74, 6) is -0.603. The smallest absolute Gasteiger partial charge is 0.344 e. The van der Waals surface area contributed by atoms with Crippen molar-refractivity contribution in [2.45, 2.75) is 13.0 Å². The van der Waals surface area contributed by atoms with Gasteiger partial charge in [-0.15, -0.1) is 0 Å². The summed E-state index contributed by atoms with van der Waals surface area (Å²) in [5, 5.41) is 11.0. The van der Waals surface area contributed by atoms with Crippen LogP contribution in [0.15, 0.2) is 36.4 Å². The molecule has 0 amide bonds. The normalized spacial score (nSPS) is 12.4. The van der Waals surface area contributed by atoms with Gasteiger partial charge in [-0.3, -0.25) is 0 Å². The highest BCUT2D eigenvalue weighted by Crippen LogP contribution is 2.33. The molecule has 0 aliphatic carbocycles. The van der Waals surface area contributed by atoms with Gasteiger partial charge in [0.25, 0.3) is 0 Å². The molecule has 0 heterocycles. The third-order valence-electron chi connectivity index (χ3n) is 2.47. The van der Waals surface area contributed by atoms with E-state index in [2.05, 4.69) is 0 Å². The van der Waals surface area contributed by atoms with E-state index in [1.807, 2.05) is 30.3 Å². The zero-order chi connectivity index (χ0) is 12.4. The molecule has 1 atom stereocenters. The second-order valence-corrected chi connectivity index (χ2v) is 4.10. The maximum absolute atomic E-state index is 10.8. The summed E-state index contributed by atoms with van der Waals surface area (Å²) in [6.45, 7) is 1.47. The largest absolute Gasteiger partial charge is 0.479 e. The van der Waals surface area contributed by atoms with Gasteiger partial charge in [0.2, 0.25) is 0 Å². The van der Waals surface area contributed by atoms with Crippen molar-refractivity contribution < 1.29 is 14.6 Å². The van der Waals surface area contributed by atoms with Gasteiger partial charge in [-0.2, -0.15) is 0 Å². The van der Waals surface area contributed by atoms with E-state index in [4.69, 9.17) is 21.4 Å². The molecule has 17 heavy (non-hydrogen) atoms. The van der Waals surface area contributed by atoms with Gasteiger partial charge in [0, 0.05) is 5.39 Å². The van der Waals surface area contributed by atoms with Crippen molar-refractivity contribution in [1.29, 1.82) is 0 Å². The summed E-state index contributed by atoms with van der Waals surface area (Å²) < 4.78 is 5.39. The van der Waals surface area contributed by atoms with Crippen LogP contribution in [0, 0.1) is 0 Å². The van der Waals surface area contributed by atoms with Gasteiger partial charge in [0.05, 0.1) is 5.02 Å². The number of fused-ring (bicyclic) bond motifs is 1. The Bertz CT molecular complexity index is 566. The second kappa shape index (κ2) is 4.63. The first-order chi connectivity index (χ1) is 8.09. The van der Waals surface area contributed by atoms with Crippen LogP contribution in [0.4, 0.5) is 0 Å². The molecule has 88 valence electrons. The van der Waals surface area contributed by atoms with Crippen LogP contribution < -0.4 is 4.74 Å². The van der Waals surface area contributed by atoms with Crippen LogP contribution in [-0.2, 0) is 4.79 Å². The number of hydrogen-bond acceptors (Lipinski definition) is 2. The zero-order valence-electron chi connectivity index (χ0n) is 9.18. The minimum Gasteiger partial charge on any atom is -0.479 e. The Morgan fingerprint density at radius 1 is 1.29 bits per heavy atom. The van der Waals surface area contributed by atoms with Gasteiger partial charge in [-0.1, -0.05) is 41.9 Å². The van der Waals surface area contributed by atoms with Crippen molar-refractivity contribution in [2.75, 3.05) is 0 Å². The van der Waals surface area contributed by atoms with Gasteiger partial charge in [-0.25, -0.2) is 4.79 Å². The lowest BCUT2D eigenvalue weighted by molar-refractivity contribution is -0.144. The van der Waals surface area contributed by atoms with Gasteiger partial charge >= 0.3 is 5.97 Å². The van der Waals surface area contributed by atoms with Crippen molar-refractivity contribution in [1.82, 2.24) is 0 Å². The van der Waals surface area contributed by atoms with E-state index < -0.39 is 12.1 Å². The summed E-state index contributed by atoms with van der Waals surface area (Å²) in [4.78, 5) is 10.8. The molecule has 4 heteroatoms. The van der Waals surface area contributed by atoms with Crippen LogP contribution in [0.3, 0.4) is 0 Å². The lowest BCUT2D eigenvalue weighted by atomic mass is 10.1. The van der Waals surface area contributed by atoms with Gasteiger partial charge in [-0.05, 0) is 18.4 Å². The molecule has 0 saturated heterocycles. The van der Waals surface area contributed by atoms with Gasteiger partial charge in [0.15, 0.2) is 6.10 Å². The third kappa shape index (κ3) is 2.34. The predicted octanol–water partition coefficient (Wildman–Crippen LogP) is 3.35. The average Bonchev–Trinajstić information content (AvgIpc) is 2.32. The van der Waals surface area contributed by atoms with Gasteiger partial charge < -0.3 is 9.84 Å². The Balaban J connectivity index is 2.51. The summed E-state index contributed by atoms with van der Waals surface area (Å²) in [5.41, 5.74) is 0. The molecule has 0 radical (unpaired) electrons. The Hall–Kier alpha value is -1.74. The number of carbonyl (C=O) groups is 1. The zero-order valence-corrected chi connectivity index (χ0v) is 9.94. The SMILES string of the molecule is CC(Oc1c(Cl)ccc2ccccc12)C(=O)O. The highest BCUT2D eigenvalue weighted by Gasteiger charge is 2.16. The first-order valence-corrected chi connectivity index (χ1v) is 5.54. The van der Waals surface area contributed by atoms with E-state index in [0.717, 1.165) is 10.8 Å². The lowest BCUT2D eigenvalue weighted by Crippen LogP contribution is -2.23. The predicted molar refractivity (Wildman–Crippen MR) is 66.7 cm³/mol. The first-order valence-electron chi connectivity index (χ1n) is 5.16. The van der Waals surface area contributed by atoms with E-state index in [0.29, 0.717) is 10.8 Å². The van der Waals surface area contributed by atoms with Crippen molar-refractivity contribution in [3.05, 3.63) is 41.4 Å². The molecule has 0 saturated carbocycles. The number of aliphatic carboxylic acids is 1. The van der Waals surface area contributed by atoms with E-state index in [1.165, 1.54) is 6.92 Å². The van der Waals surface area contributed by atoms with E-state index >= 15 is 0 Å². The number of halogens is 1. The minimum absolute atomic E-state index is 0.414. The van der Waals surface area contributed by atoms with Crippen LogP contribution in [0.1, 0.15) is 6.92 Å². The number of hydrogen-bond donors (Lipinski definition) is 1. The molecule has 0 spiro atoms. The fourth-order valence-corrected chi connectivity index (χ4v) is 1.77. The van der Waals surface area contributed by atoms with E-state index in [9.17, 15) is 4.79 Å². The molecule has 1 unspecified atom stereocenters. The van der Waals surface area contributed by atoms with E-state index in [1.54, 1.807) is 6.07 Å². The molecule has 2 aromatic carbocycles. The maximum atomic E-state index is 10.8. The molecule has 0 aromatic heterocycles. The number of ether oxygens (including phenoxy) is 1. The van der Waals surface area contributed by atoms with Crippen LogP contribution in [0.5, 0.6) is 5.75 Å². The molecule has 0 aliphatic rings. The molecule has 1 N–H and O–H groups in total. The lowest BCUT2D eigenvalue weighted by Gasteiger charge is -2.14. The summed E-state index contributed by atoms with van der Waals surface area (Å²) >= 11 is 6.03. The van der Waals surface area contributed by atoms with Crippen LogP contribution in [0.25, 0.3) is 10.8 Å². The fourth-order valence-electron chi connectivity index (χ4n) is 1.56. The third-order valence-corrected chi connectivity index (χ3v) is 2.77. The van der Waals surface area contributed by atoms with Crippen molar-refractivity contribution in [2.24, 2.45) is 0 Å². The van der Waals surface area contributed by atoms with Crippen molar-refractivity contribution in [3.8, 4) is 5.75 Å². The summed E-state index contributed by atoms with van der Waals surface area (Å²) in [6, 6.07) is 11.1. The molecule has 2 aromatic rings. The molecule has 0 bridgehead atoms. The Morgan fingerprint density at radius 2 is 2.00 bits per heavy atom. The maximum Gasteiger partial charge on any atom is 0.344 e.